The van der Waals surface area contributed by atoms with Crippen LogP contribution in [0.15, 0.2) is 35.1 Å². The van der Waals surface area contributed by atoms with Crippen molar-refractivity contribution in [3.63, 3.8) is 0 Å². The third-order valence-corrected chi connectivity index (χ3v) is 3.63. The Bertz CT molecular complexity index is 838. The number of carbonyl (C=O) groups is 1. The van der Waals surface area contributed by atoms with E-state index in [0.717, 1.165) is 5.56 Å². The van der Waals surface area contributed by atoms with Gasteiger partial charge in [-0.1, -0.05) is 30.3 Å². The third kappa shape index (κ3) is 6.17. The second-order valence-corrected chi connectivity index (χ2v) is 7.07. The summed E-state index contributed by atoms with van der Waals surface area (Å²) in [4.78, 5) is 32.1. The van der Waals surface area contributed by atoms with Gasteiger partial charge in [-0.2, -0.15) is 0 Å². The van der Waals surface area contributed by atoms with E-state index in [1.807, 2.05) is 30.3 Å². The first-order valence-electron chi connectivity index (χ1n) is 8.82. The average Bonchev–Trinajstić information content (AvgIpc) is 2.64. The van der Waals surface area contributed by atoms with E-state index in [9.17, 15) is 9.59 Å². The number of esters is 1. The molecule has 0 aliphatic rings. The van der Waals surface area contributed by atoms with Gasteiger partial charge in [0.15, 0.2) is 12.0 Å². The van der Waals surface area contributed by atoms with Gasteiger partial charge < -0.3 is 23.9 Å². The van der Waals surface area contributed by atoms with E-state index < -0.39 is 23.4 Å². The molecule has 0 saturated heterocycles. The van der Waals surface area contributed by atoms with E-state index in [1.54, 1.807) is 20.8 Å². The molecule has 0 bridgehead atoms. The second-order valence-electron chi connectivity index (χ2n) is 7.07. The summed E-state index contributed by atoms with van der Waals surface area (Å²) in [6, 6.07) is 9.29. The van der Waals surface area contributed by atoms with Crippen molar-refractivity contribution in [1.29, 1.82) is 0 Å². The summed E-state index contributed by atoms with van der Waals surface area (Å²) in [5.74, 6) is -0.700. The van der Waals surface area contributed by atoms with Crippen molar-refractivity contribution in [3.8, 4) is 5.75 Å². The molecule has 0 saturated carbocycles. The molecule has 2 rings (SSSR count). The molecule has 28 heavy (non-hydrogen) atoms. The lowest BCUT2D eigenvalue weighted by atomic mass is 10.2. The zero-order chi connectivity index (χ0) is 20.7. The fraction of sp³-hybridized carbons (Fsp3) is 0.450. The fourth-order valence-corrected chi connectivity index (χ4v) is 2.35. The second kappa shape index (κ2) is 9.48. The number of benzene rings is 1. The maximum Gasteiger partial charge on any atom is 0.361 e. The number of nitrogens with zero attached hydrogens (tertiary/aromatic N) is 1. The summed E-state index contributed by atoms with van der Waals surface area (Å²) in [6.07, 6.45) is -0.470. The lowest BCUT2D eigenvalue weighted by Gasteiger charge is -2.20. The number of ether oxygens (including phenoxy) is 4. The number of hydrogen-bond acceptors (Lipinski definition) is 7. The fourth-order valence-electron chi connectivity index (χ4n) is 2.35. The molecule has 0 atom stereocenters. The van der Waals surface area contributed by atoms with Gasteiger partial charge in [-0.05, 0) is 26.3 Å². The molecule has 0 amide bonds. The van der Waals surface area contributed by atoms with Gasteiger partial charge in [-0.3, -0.25) is 4.79 Å². The van der Waals surface area contributed by atoms with Crippen molar-refractivity contribution in [2.45, 2.75) is 45.7 Å². The zero-order valence-electron chi connectivity index (χ0n) is 16.8. The van der Waals surface area contributed by atoms with Crippen LogP contribution in [-0.4, -0.2) is 42.0 Å². The highest BCUT2D eigenvalue weighted by Crippen LogP contribution is 2.18. The zero-order valence-corrected chi connectivity index (χ0v) is 16.8. The van der Waals surface area contributed by atoms with Gasteiger partial charge in [0.25, 0.3) is 5.56 Å². The maximum absolute atomic E-state index is 12.6. The molecular weight excluding hydrogens is 364 g/mol. The largest absolute Gasteiger partial charge is 0.481 e. The number of aromatic nitrogens is 2. The quantitative estimate of drug-likeness (QED) is 0.546. The normalized spacial score (nSPS) is 11.5. The van der Waals surface area contributed by atoms with E-state index in [-0.39, 0.29) is 30.3 Å². The van der Waals surface area contributed by atoms with Crippen LogP contribution in [0, 0.1) is 0 Å². The number of carbonyl (C=O) groups excluding carboxylic acids is 1. The first kappa shape index (κ1) is 21.6. The Morgan fingerprint density at radius 1 is 1.14 bits per heavy atom. The van der Waals surface area contributed by atoms with Gasteiger partial charge in [-0.25, -0.2) is 9.78 Å². The smallest absolute Gasteiger partial charge is 0.361 e. The molecule has 1 N–H and O–H groups in total. The predicted octanol–water partition coefficient (Wildman–Crippen LogP) is 2.47. The highest BCUT2D eigenvalue weighted by Gasteiger charge is 2.26. The molecule has 2 aromatic rings. The summed E-state index contributed by atoms with van der Waals surface area (Å²) >= 11 is 0. The lowest BCUT2D eigenvalue weighted by Crippen LogP contribution is -2.29. The van der Waals surface area contributed by atoms with Crippen LogP contribution in [0.4, 0.5) is 0 Å². The van der Waals surface area contributed by atoms with Crippen molar-refractivity contribution in [3.05, 3.63) is 57.8 Å². The van der Waals surface area contributed by atoms with Gasteiger partial charge in [0.1, 0.15) is 18.0 Å². The number of nitrogens with one attached hydrogen (secondary N) is 1. The lowest BCUT2D eigenvalue weighted by molar-refractivity contribution is -0.101. The molecule has 8 heteroatoms. The Morgan fingerprint density at radius 2 is 1.79 bits per heavy atom. The number of rotatable bonds is 8. The molecule has 0 aliphatic heterocycles. The van der Waals surface area contributed by atoms with Crippen LogP contribution in [0.3, 0.4) is 0 Å². The van der Waals surface area contributed by atoms with E-state index in [1.165, 1.54) is 14.2 Å². The summed E-state index contributed by atoms with van der Waals surface area (Å²) in [6.45, 7) is 5.31. The van der Waals surface area contributed by atoms with Crippen molar-refractivity contribution in [2.75, 3.05) is 14.2 Å². The summed E-state index contributed by atoms with van der Waals surface area (Å²) in [5.41, 5.74) is -0.664. The van der Waals surface area contributed by atoms with Crippen LogP contribution < -0.4 is 10.3 Å². The van der Waals surface area contributed by atoms with Gasteiger partial charge in [-0.15, -0.1) is 0 Å². The molecule has 0 radical (unpaired) electrons. The molecule has 152 valence electrons. The van der Waals surface area contributed by atoms with Crippen molar-refractivity contribution in [2.24, 2.45) is 0 Å². The molecule has 0 aliphatic carbocycles. The van der Waals surface area contributed by atoms with Crippen molar-refractivity contribution in [1.82, 2.24) is 9.97 Å². The summed E-state index contributed by atoms with van der Waals surface area (Å²) in [5, 5.41) is 0. The standard InChI is InChI=1S/C20H26N2O6/c1-20(2,3)28-19(24)16-17(27-12-13-9-7-6-8-10-13)18(23)22-14(21-16)11-15(25-4)26-5/h6-10,15H,11-12H2,1-5H3,(H,21,22,23). The van der Waals surface area contributed by atoms with Crippen LogP contribution in [-0.2, 0) is 27.2 Å². The number of methoxy groups -OCH3 is 2. The molecule has 0 spiro atoms. The topological polar surface area (TPSA) is 99.7 Å². The van der Waals surface area contributed by atoms with Crippen LogP contribution in [0.25, 0.3) is 0 Å². The van der Waals surface area contributed by atoms with Crippen molar-refractivity contribution < 1.29 is 23.7 Å². The molecular formula is C20H26N2O6. The Labute approximate surface area is 163 Å². The minimum absolute atomic E-state index is 0.111. The third-order valence-electron chi connectivity index (χ3n) is 3.63. The minimum Gasteiger partial charge on any atom is -0.481 e. The summed E-state index contributed by atoms with van der Waals surface area (Å²) < 4.78 is 21.3. The highest BCUT2D eigenvalue weighted by atomic mass is 16.7. The van der Waals surface area contributed by atoms with E-state index in [4.69, 9.17) is 18.9 Å². The Kier molecular flexibility index (Phi) is 7.31. The Hall–Kier alpha value is -2.71. The van der Waals surface area contributed by atoms with Crippen LogP contribution in [0.5, 0.6) is 5.75 Å². The summed E-state index contributed by atoms with van der Waals surface area (Å²) in [7, 11) is 2.94. The first-order chi connectivity index (χ1) is 13.2. The molecule has 1 aromatic heterocycles. The Morgan fingerprint density at radius 3 is 2.36 bits per heavy atom. The number of H-pyrrole nitrogens is 1. The minimum atomic E-state index is -0.750. The monoisotopic (exact) mass is 390 g/mol. The SMILES string of the molecule is COC(Cc1nc(C(=O)OC(C)(C)C)c(OCc2ccccc2)c(=O)[nH]1)OC. The Balaban J connectivity index is 2.37. The van der Waals surface area contributed by atoms with Gasteiger partial charge >= 0.3 is 5.97 Å². The highest BCUT2D eigenvalue weighted by molar-refractivity contribution is 5.90. The first-order valence-corrected chi connectivity index (χ1v) is 8.82. The molecule has 1 heterocycles. The maximum atomic E-state index is 12.6. The van der Waals surface area contributed by atoms with E-state index >= 15 is 0 Å². The van der Waals surface area contributed by atoms with Crippen LogP contribution in [0.1, 0.15) is 42.6 Å². The molecule has 8 nitrogen and oxygen atoms in total. The van der Waals surface area contributed by atoms with Crippen LogP contribution >= 0.6 is 0 Å². The average molecular weight is 390 g/mol. The van der Waals surface area contributed by atoms with Crippen LogP contribution in [0.2, 0.25) is 0 Å². The molecule has 0 unspecified atom stereocenters. The van der Waals surface area contributed by atoms with Gasteiger partial charge in [0, 0.05) is 14.2 Å². The van der Waals surface area contributed by atoms with E-state index in [0.29, 0.717) is 0 Å². The van der Waals surface area contributed by atoms with E-state index in [2.05, 4.69) is 9.97 Å². The predicted molar refractivity (Wildman–Crippen MR) is 102 cm³/mol. The molecule has 0 fully saturated rings. The molecule has 1 aromatic carbocycles. The number of hydrogen-bond donors (Lipinski definition) is 1. The van der Waals surface area contributed by atoms with Gasteiger partial charge in [0.2, 0.25) is 5.75 Å². The number of aromatic amines is 1. The van der Waals surface area contributed by atoms with Crippen molar-refractivity contribution >= 4 is 5.97 Å². The van der Waals surface area contributed by atoms with Gasteiger partial charge in [0.05, 0.1) is 6.42 Å².